The van der Waals surface area contributed by atoms with Gasteiger partial charge in [-0.2, -0.15) is 0 Å². The van der Waals surface area contributed by atoms with Gasteiger partial charge in [0.05, 0.1) is 0 Å². The van der Waals surface area contributed by atoms with E-state index in [4.69, 9.17) is 5.11 Å². The summed E-state index contributed by atoms with van der Waals surface area (Å²) in [5.74, 6) is -0.885. The molecular weight excluding hydrogens is 144 g/mol. The second kappa shape index (κ2) is 5.89. The van der Waals surface area contributed by atoms with E-state index in [0.29, 0.717) is 6.42 Å². The van der Waals surface area contributed by atoms with Crippen LogP contribution in [0.15, 0.2) is 0 Å². The molecule has 0 radical (unpaired) electrons. The molecule has 0 rings (SSSR count). The normalized spacial score (nSPS) is 12.5. The van der Waals surface area contributed by atoms with Crippen LogP contribution in [0.4, 0.5) is 0 Å². The third kappa shape index (κ3) is 5.58. The molecule has 1 atom stereocenters. The predicted molar refractivity (Wildman–Crippen MR) is 41.3 cm³/mol. The first-order valence-corrected chi connectivity index (χ1v) is 3.87. The van der Waals surface area contributed by atoms with Crippen molar-refractivity contribution in [3.63, 3.8) is 0 Å². The molecule has 64 valence electrons. The van der Waals surface area contributed by atoms with Gasteiger partial charge in [-0.05, 0) is 12.8 Å². The highest BCUT2D eigenvalue weighted by Gasteiger charge is 2.07. The first-order chi connectivity index (χ1) is 5.20. The maximum Gasteiger partial charge on any atom is 0.303 e. The fraction of sp³-hybridized carbons (Fsp3) is 0.750. The van der Waals surface area contributed by atoms with Crippen LogP contribution in [0.25, 0.3) is 0 Å². The molecule has 0 saturated carbocycles. The van der Waals surface area contributed by atoms with E-state index in [1.165, 1.54) is 0 Å². The van der Waals surface area contributed by atoms with E-state index in [1.54, 1.807) is 0 Å². The summed E-state index contributed by atoms with van der Waals surface area (Å²) >= 11 is 0. The summed E-state index contributed by atoms with van der Waals surface area (Å²) in [4.78, 5) is 20.4. The topological polar surface area (TPSA) is 54.4 Å². The van der Waals surface area contributed by atoms with Crippen LogP contribution in [-0.4, -0.2) is 17.4 Å². The zero-order chi connectivity index (χ0) is 8.69. The molecule has 3 nitrogen and oxygen atoms in total. The number of carboxylic acids is 1. The Morgan fingerprint density at radius 1 is 1.55 bits per heavy atom. The summed E-state index contributed by atoms with van der Waals surface area (Å²) in [7, 11) is 0. The molecule has 0 fully saturated rings. The highest BCUT2D eigenvalue weighted by Crippen LogP contribution is 2.10. The molecule has 0 aromatic carbocycles. The number of aldehydes is 1. The molecule has 1 N–H and O–H groups in total. The first-order valence-electron chi connectivity index (χ1n) is 3.87. The molecule has 0 spiro atoms. The van der Waals surface area contributed by atoms with Gasteiger partial charge in [0.15, 0.2) is 0 Å². The van der Waals surface area contributed by atoms with Gasteiger partial charge >= 0.3 is 5.97 Å². The number of aliphatic carboxylic acids is 1. The lowest BCUT2D eigenvalue weighted by Crippen LogP contribution is -2.05. The lowest BCUT2D eigenvalue weighted by atomic mass is 10.00. The van der Waals surface area contributed by atoms with Crippen molar-refractivity contribution >= 4 is 12.3 Å². The molecule has 0 aliphatic carbocycles. The summed E-state index contributed by atoms with van der Waals surface area (Å²) in [5.41, 5.74) is 0. The molecule has 0 aliphatic heterocycles. The zero-order valence-electron chi connectivity index (χ0n) is 6.75. The Bertz CT molecular complexity index is 131. The molecular formula is C8H14O3. The van der Waals surface area contributed by atoms with Crippen molar-refractivity contribution in [2.24, 2.45) is 5.92 Å². The molecule has 0 heterocycles. The van der Waals surface area contributed by atoms with Gasteiger partial charge < -0.3 is 9.90 Å². The smallest absolute Gasteiger partial charge is 0.303 e. The highest BCUT2D eigenvalue weighted by molar-refractivity contribution is 5.67. The highest BCUT2D eigenvalue weighted by atomic mass is 16.4. The Morgan fingerprint density at radius 3 is 2.55 bits per heavy atom. The van der Waals surface area contributed by atoms with E-state index in [2.05, 4.69) is 0 Å². The van der Waals surface area contributed by atoms with E-state index >= 15 is 0 Å². The SMILES string of the molecule is CCCC(C=O)CCC(=O)O. The molecule has 0 aromatic heterocycles. The van der Waals surface area contributed by atoms with Crippen molar-refractivity contribution in [2.75, 3.05) is 0 Å². The Morgan fingerprint density at radius 2 is 2.18 bits per heavy atom. The summed E-state index contributed by atoms with van der Waals surface area (Å²) in [5, 5.41) is 8.31. The largest absolute Gasteiger partial charge is 0.481 e. The van der Waals surface area contributed by atoms with Crippen molar-refractivity contribution in [3.05, 3.63) is 0 Å². The van der Waals surface area contributed by atoms with E-state index in [9.17, 15) is 9.59 Å². The average molecular weight is 158 g/mol. The van der Waals surface area contributed by atoms with Gasteiger partial charge in [-0.1, -0.05) is 13.3 Å². The van der Waals surface area contributed by atoms with Crippen molar-refractivity contribution in [2.45, 2.75) is 32.6 Å². The van der Waals surface area contributed by atoms with E-state index < -0.39 is 5.97 Å². The minimum Gasteiger partial charge on any atom is -0.481 e. The van der Waals surface area contributed by atoms with Crippen molar-refractivity contribution in [1.29, 1.82) is 0 Å². The van der Waals surface area contributed by atoms with E-state index in [1.807, 2.05) is 6.92 Å². The second-order valence-electron chi connectivity index (χ2n) is 2.62. The van der Waals surface area contributed by atoms with Crippen LogP contribution < -0.4 is 0 Å². The summed E-state index contributed by atoms with van der Waals surface area (Å²) < 4.78 is 0. The molecule has 0 amide bonds. The summed E-state index contributed by atoms with van der Waals surface area (Å²) in [6, 6.07) is 0. The predicted octanol–water partition coefficient (Wildman–Crippen LogP) is 1.47. The monoisotopic (exact) mass is 158 g/mol. The minimum atomic E-state index is -0.826. The Kier molecular flexibility index (Phi) is 5.43. The number of carboxylic acid groups (broad SMARTS) is 1. The molecule has 3 heteroatoms. The minimum absolute atomic E-state index is 0.0592. The number of hydrogen-bond donors (Lipinski definition) is 1. The molecule has 0 aliphatic rings. The van der Waals surface area contributed by atoms with Gasteiger partial charge in [0.1, 0.15) is 6.29 Å². The Balaban J connectivity index is 3.51. The zero-order valence-corrected chi connectivity index (χ0v) is 6.75. The molecule has 0 bridgehead atoms. The van der Waals surface area contributed by atoms with E-state index in [-0.39, 0.29) is 12.3 Å². The average Bonchev–Trinajstić information content (AvgIpc) is 1.97. The number of carbonyl (C=O) groups excluding carboxylic acids is 1. The van der Waals surface area contributed by atoms with Gasteiger partial charge in [0.25, 0.3) is 0 Å². The van der Waals surface area contributed by atoms with Crippen molar-refractivity contribution in [3.8, 4) is 0 Å². The quantitative estimate of drug-likeness (QED) is 0.595. The summed E-state index contributed by atoms with van der Waals surface area (Å²) in [6.07, 6.45) is 3.17. The standard InChI is InChI=1S/C8H14O3/c1-2-3-7(6-9)4-5-8(10)11/h6-7H,2-5H2,1H3,(H,10,11). The fourth-order valence-electron chi connectivity index (χ4n) is 0.960. The van der Waals surface area contributed by atoms with Gasteiger partial charge in [0, 0.05) is 12.3 Å². The third-order valence-corrected chi connectivity index (χ3v) is 1.58. The maximum atomic E-state index is 10.3. The third-order valence-electron chi connectivity index (χ3n) is 1.58. The molecule has 0 saturated heterocycles. The molecule has 0 aromatic rings. The number of rotatable bonds is 6. The van der Waals surface area contributed by atoms with Gasteiger partial charge in [-0.3, -0.25) is 4.79 Å². The van der Waals surface area contributed by atoms with Gasteiger partial charge in [0.2, 0.25) is 0 Å². The first kappa shape index (κ1) is 10.1. The summed E-state index contributed by atoms with van der Waals surface area (Å²) in [6.45, 7) is 1.98. The Labute approximate surface area is 66.4 Å². The number of carbonyl (C=O) groups is 2. The maximum absolute atomic E-state index is 10.3. The van der Waals surface area contributed by atoms with Crippen LogP contribution in [0.1, 0.15) is 32.6 Å². The second-order valence-corrected chi connectivity index (χ2v) is 2.62. The molecule has 11 heavy (non-hydrogen) atoms. The van der Waals surface area contributed by atoms with Gasteiger partial charge in [-0.25, -0.2) is 0 Å². The van der Waals surface area contributed by atoms with Crippen molar-refractivity contribution in [1.82, 2.24) is 0 Å². The van der Waals surface area contributed by atoms with Crippen LogP contribution in [0.2, 0.25) is 0 Å². The van der Waals surface area contributed by atoms with Gasteiger partial charge in [-0.15, -0.1) is 0 Å². The lowest BCUT2D eigenvalue weighted by molar-refractivity contribution is -0.137. The lowest BCUT2D eigenvalue weighted by Gasteiger charge is -2.04. The van der Waals surface area contributed by atoms with E-state index in [0.717, 1.165) is 19.1 Å². The Hall–Kier alpha value is -0.860. The van der Waals surface area contributed by atoms with Crippen LogP contribution in [0.3, 0.4) is 0 Å². The van der Waals surface area contributed by atoms with Crippen LogP contribution in [-0.2, 0) is 9.59 Å². The molecule has 1 unspecified atom stereocenters. The van der Waals surface area contributed by atoms with Crippen LogP contribution in [0, 0.1) is 5.92 Å². The van der Waals surface area contributed by atoms with Crippen molar-refractivity contribution < 1.29 is 14.7 Å². The fourth-order valence-corrected chi connectivity index (χ4v) is 0.960. The van der Waals surface area contributed by atoms with Crippen LogP contribution in [0.5, 0.6) is 0 Å². The number of hydrogen-bond acceptors (Lipinski definition) is 2. The van der Waals surface area contributed by atoms with Crippen LogP contribution >= 0.6 is 0 Å².